The molecule has 2 saturated heterocycles. The van der Waals surface area contributed by atoms with Crippen LogP contribution in [-0.4, -0.2) is 75.0 Å². The van der Waals surface area contributed by atoms with E-state index in [2.05, 4.69) is 0 Å². The molecule has 8 nitrogen and oxygen atoms in total. The predicted molar refractivity (Wildman–Crippen MR) is 101 cm³/mol. The van der Waals surface area contributed by atoms with Crippen LogP contribution < -0.4 is 0 Å². The Hall–Kier alpha value is -1.97. The van der Waals surface area contributed by atoms with E-state index in [1.807, 2.05) is 13.8 Å². The van der Waals surface area contributed by atoms with Gasteiger partial charge >= 0.3 is 5.97 Å². The van der Waals surface area contributed by atoms with E-state index >= 15 is 0 Å². The van der Waals surface area contributed by atoms with Gasteiger partial charge in [0.25, 0.3) is 5.91 Å². The lowest BCUT2D eigenvalue weighted by molar-refractivity contribution is -0.160. The smallest absolute Gasteiger partial charge is 0.335 e. The number of ether oxygens (including phenoxy) is 2. The van der Waals surface area contributed by atoms with Crippen molar-refractivity contribution in [2.24, 2.45) is 0 Å². The van der Waals surface area contributed by atoms with Crippen molar-refractivity contribution in [3.05, 3.63) is 29.3 Å². The molecule has 0 unspecified atom stereocenters. The highest BCUT2D eigenvalue weighted by atomic mass is 32.2. The fourth-order valence-electron chi connectivity index (χ4n) is 3.28. The number of sulfonamides is 1. The van der Waals surface area contributed by atoms with E-state index in [9.17, 15) is 18.0 Å². The SMILES string of the molecule is Cc1ccc(S(=O)(=O)N2CCN(C(=O)COC(=O)[C@@H]3CCCO3)CC2)cc1C. The normalized spacial score (nSPS) is 20.9. The molecule has 28 heavy (non-hydrogen) atoms. The minimum absolute atomic E-state index is 0.209. The van der Waals surface area contributed by atoms with Gasteiger partial charge in [-0.25, -0.2) is 13.2 Å². The van der Waals surface area contributed by atoms with Crippen LogP contribution in [-0.2, 0) is 29.1 Å². The van der Waals surface area contributed by atoms with Gasteiger partial charge in [0.2, 0.25) is 10.0 Å². The molecule has 3 rings (SSSR count). The Balaban J connectivity index is 1.52. The van der Waals surface area contributed by atoms with Crippen molar-refractivity contribution in [2.75, 3.05) is 39.4 Å². The molecule has 0 radical (unpaired) electrons. The zero-order valence-electron chi connectivity index (χ0n) is 16.2. The molecule has 1 atom stereocenters. The monoisotopic (exact) mass is 410 g/mol. The zero-order chi connectivity index (χ0) is 20.3. The first-order valence-electron chi connectivity index (χ1n) is 9.42. The molecule has 1 aromatic carbocycles. The number of carbonyl (C=O) groups is 2. The van der Waals surface area contributed by atoms with Crippen LogP contribution >= 0.6 is 0 Å². The molecular formula is C19H26N2O6S. The van der Waals surface area contributed by atoms with E-state index in [0.29, 0.717) is 13.0 Å². The van der Waals surface area contributed by atoms with Gasteiger partial charge < -0.3 is 14.4 Å². The number of amides is 1. The first kappa shape index (κ1) is 20.8. The third-order valence-corrected chi connectivity index (χ3v) is 7.13. The molecule has 0 N–H and O–H groups in total. The second kappa shape index (κ2) is 8.59. The first-order chi connectivity index (χ1) is 13.3. The number of aryl methyl sites for hydroxylation is 2. The molecule has 0 aliphatic carbocycles. The van der Waals surface area contributed by atoms with Gasteiger partial charge in [-0.2, -0.15) is 4.31 Å². The summed E-state index contributed by atoms with van der Waals surface area (Å²) in [5.74, 6) is -0.837. The van der Waals surface area contributed by atoms with Crippen LogP contribution in [0.25, 0.3) is 0 Å². The van der Waals surface area contributed by atoms with Gasteiger partial charge in [0, 0.05) is 32.8 Å². The van der Waals surface area contributed by atoms with Crippen molar-refractivity contribution < 1.29 is 27.5 Å². The fraction of sp³-hybridized carbons (Fsp3) is 0.579. The zero-order valence-corrected chi connectivity index (χ0v) is 17.0. The molecule has 2 heterocycles. The number of carbonyl (C=O) groups excluding carboxylic acids is 2. The van der Waals surface area contributed by atoms with Gasteiger partial charge in [-0.3, -0.25) is 4.79 Å². The molecule has 0 spiro atoms. The fourth-order valence-corrected chi connectivity index (χ4v) is 4.79. The topological polar surface area (TPSA) is 93.2 Å². The number of esters is 1. The van der Waals surface area contributed by atoms with E-state index in [0.717, 1.165) is 17.5 Å². The van der Waals surface area contributed by atoms with Gasteiger partial charge in [0.15, 0.2) is 12.7 Å². The molecule has 9 heteroatoms. The number of benzene rings is 1. The Morgan fingerprint density at radius 3 is 2.46 bits per heavy atom. The van der Waals surface area contributed by atoms with E-state index in [1.54, 1.807) is 18.2 Å². The third-order valence-electron chi connectivity index (χ3n) is 5.24. The van der Waals surface area contributed by atoms with Gasteiger partial charge in [-0.15, -0.1) is 0 Å². The molecule has 154 valence electrons. The number of piperazine rings is 1. The lowest BCUT2D eigenvalue weighted by atomic mass is 10.1. The molecule has 2 aliphatic rings. The second-order valence-corrected chi connectivity index (χ2v) is 9.08. The Labute approximate surface area is 165 Å². The summed E-state index contributed by atoms with van der Waals surface area (Å²) in [6.45, 7) is 4.94. The maximum Gasteiger partial charge on any atom is 0.335 e. The standard InChI is InChI=1S/C19H26N2O6S/c1-14-5-6-16(12-15(14)2)28(24,25)21-9-7-20(8-10-21)18(22)13-27-19(23)17-4-3-11-26-17/h5-6,12,17H,3-4,7-11,13H2,1-2H3/t17-/m0/s1. The van der Waals surface area contributed by atoms with Crippen molar-refractivity contribution in [1.82, 2.24) is 9.21 Å². The van der Waals surface area contributed by atoms with Crippen molar-refractivity contribution in [3.63, 3.8) is 0 Å². The number of nitrogens with zero attached hydrogens (tertiary/aromatic N) is 2. The Kier molecular flexibility index (Phi) is 6.36. The third kappa shape index (κ3) is 4.53. The summed E-state index contributed by atoms with van der Waals surface area (Å²) < 4.78 is 37.3. The summed E-state index contributed by atoms with van der Waals surface area (Å²) in [5.41, 5.74) is 1.95. The average molecular weight is 410 g/mol. The second-order valence-electron chi connectivity index (χ2n) is 7.14. The van der Waals surface area contributed by atoms with Gasteiger partial charge in [0.1, 0.15) is 0 Å². The van der Waals surface area contributed by atoms with Gasteiger partial charge in [0.05, 0.1) is 4.90 Å². The van der Waals surface area contributed by atoms with E-state index in [4.69, 9.17) is 9.47 Å². The van der Waals surface area contributed by atoms with Crippen LogP contribution in [0.5, 0.6) is 0 Å². The van der Waals surface area contributed by atoms with Crippen LogP contribution in [0.2, 0.25) is 0 Å². The van der Waals surface area contributed by atoms with Crippen LogP contribution in [0.4, 0.5) is 0 Å². The molecule has 0 saturated carbocycles. The lowest BCUT2D eigenvalue weighted by Crippen LogP contribution is -2.51. The van der Waals surface area contributed by atoms with Crippen LogP contribution in [0.15, 0.2) is 23.1 Å². The molecule has 1 aromatic rings. The van der Waals surface area contributed by atoms with Crippen LogP contribution in [0.1, 0.15) is 24.0 Å². The minimum atomic E-state index is -3.59. The van der Waals surface area contributed by atoms with Crippen molar-refractivity contribution in [2.45, 2.75) is 37.7 Å². The summed E-state index contributed by atoms with van der Waals surface area (Å²) in [6.07, 6.45) is 0.847. The highest BCUT2D eigenvalue weighted by Crippen LogP contribution is 2.20. The lowest BCUT2D eigenvalue weighted by Gasteiger charge is -2.34. The quantitative estimate of drug-likeness (QED) is 0.669. The summed E-state index contributed by atoms with van der Waals surface area (Å²) in [5, 5.41) is 0. The molecule has 2 aliphatic heterocycles. The molecule has 0 bridgehead atoms. The number of hydrogen-bond acceptors (Lipinski definition) is 6. The molecule has 1 amide bonds. The molecule has 0 aromatic heterocycles. The maximum absolute atomic E-state index is 12.8. The summed E-state index contributed by atoms with van der Waals surface area (Å²) in [7, 11) is -3.59. The van der Waals surface area contributed by atoms with Crippen molar-refractivity contribution >= 4 is 21.9 Å². The number of hydrogen-bond donors (Lipinski definition) is 0. The van der Waals surface area contributed by atoms with E-state index < -0.39 is 22.1 Å². The van der Waals surface area contributed by atoms with E-state index in [-0.39, 0.29) is 43.6 Å². The summed E-state index contributed by atoms with van der Waals surface area (Å²) >= 11 is 0. The van der Waals surface area contributed by atoms with E-state index in [1.165, 1.54) is 9.21 Å². The molecular weight excluding hydrogens is 384 g/mol. The summed E-state index contributed by atoms with van der Waals surface area (Å²) in [4.78, 5) is 25.9. The van der Waals surface area contributed by atoms with Gasteiger partial charge in [-0.05, 0) is 49.9 Å². The van der Waals surface area contributed by atoms with Crippen molar-refractivity contribution in [1.29, 1.82) is 0 Å². The predicted octanol–water partition coefficient (Wildman–Crippen LogP) is 0.859. The Morgan fingerprint density at radius 1 is 1.14 bits per heavy atom. The maximum atomic E-state index is 12.8. The minimum Gasteiger partial charge on any atom is -0.454 e. The Morgan fingerprint density at radius 2 is 1.86 bits per heavy atom. The number of rotatable bonds is 5. The van der Waals surface area contributed by atoms with Crippen LogP contribution in [0.3, 0.4) is 0 Å². The highest BCUT2D eigenvalue weighted by molar-refractivity contribution is 7.89. The van der Waals surface area contributed by atoms with Crippen LogP contribution in [0, 0.1) is 13.8 Å². The summed E-state index contributed by atoms with van der Waals surface area (Å²) in [6, 6.07) is 5.08. The first-order valence-corrected chi connectivity index (χ1v) is 10.9. The largest absolute Gasteiger partial charge is 0.454 e. The highest BCUT2D eigenvalue weighted by Gasteiger charge is 2.31. The van der Waals surface area contributed by atoms with Crippen molar-refractivity contribution in [3.8, 4) is 0 Å². The average Bonchev–Trinajstić information content (AvgIpc) is 3.23. The van der Waals surface area contributed by atoms with Gasteiger partial charge in [-0.1, -0.05) is 6.07 Å². The Bertz CT molecular complexity index is 840. The molecule has 2 fully saturated rings.